The van der Waals surface area contributed by atoms with Crippen molar-refractivity contribution >= 4 is 0 Å². The number of likely N-dealkylation sites (tertiary alicyclic amines) is 1. The highest BCUT2D eigenvalue weighted by molar-refractivity contribution is 5.42. The predicted molar refractivity (Wildman–Crippen MR) is 77.8 cm³/mol. The minimum atomic E-state index is 0.378. The normalized spacial score (nSPS) is 24.7. The molecule has 2 aromatic heterocycles. The third kappa shape index (κ3) is 2.62. The smallest absolute Gasteiger partial charge is 0.283 e. The summed E-state index contributed by atoms with van der Waals surface area (Å²) in [5, 5.41) is 8.34. The summed E-state index contributed by atoms with van der Waals surface area (Å²) in [5.41, 5.74) is 0. The van der Waals surface area contributed by atoms with E-state index in [9.17, 15) is 0 Å². The molecule has 112 valence electrons. The van der Waals surface area contributed by atoms with Gasteiger partial charge in [0.2, 0.25) is 5.89 Å². The van der Waals surface area contributed by atoms with Crippen LogP contribution >= 0.6 is 0 Å². The quantitative estimate of drug-likeness (QED) is 0.865. The van der Waals surface area contributed by atoms with Crippen LogP contribution in [0.5, 0.6) is 0 Å². The van der Waals surface area contributed by atoms with Crippen molar-refractivity contribution in [3.05, 3.63) is 24.3 Å². The summed E-state index contributed by atoms with van der Waals surface area (Å²) < 4.78 is 11.1. The Labute approximate surface area is 124 Å². The lowest BCUT2D eigenvalue weighted by atomic mass is 9.94. The average molecular weight is 287 g/mol. The van der Waals surface area contributed by atoms with Gasteiger partial charge < -0.3 is 8.83 Å². The molecule has 0 N–H and O–H groups in total. The van der Waals surface area contributed by atoms with Crippen LogP contribution in [0.4, 0.5) is 0 Å². The first-order valence-electron chi connectivity index (χ1n) is 8.01. The summed E-state index contributed by atoms with van der Waals surface area (Å²) in [4.78, 5) is 2.63. The van der Waals surface area contributed by atoms with Gasteiger partial charge in [0.05, 0.1) is 12.2 Å². The van der Waals surface area contributed by atoms with E-state index in [-0.39, 0.29) is 0 Å². The van der Waals surface area contributed by atoms with E-state index in [0.717, 1.165) is 31.4 Å². The van der Waals surface area contributed by atoms with Gasteiger partial charge in [0, 0.05) is 12.6 Å². The van der Waals surface area contributed by atoms with Gasteiger partial charge in [0.25, 0.3) is 5.89 Å². The van der Waals surface area contributed by atoms with Crippen molar-refractivity contribution in [2.75, 3.05) is 13.1 Å². The van der Waals surface area contributed by atoms with E-state index in [1.807, 2.05) is 12.1 Å². The Morgan fingerprint density at radius 1 is 1.10 bits per heavy atom. The first-order chi connectivity index (χ1) is 10.4. The number of aromatic nitrogens is 2. The van der Waals surface area contributed by atoms with Crippen LogP contribution in [0.3, 0.4) is 0 Å². The Morgan fingerprint density at radius 3 is 2.81 bits per heavy atom. The summed E-state index contributed by atoms with van der Waals surface area (Å²) in [5.74, 6) is 2.28. The first-order valence-corrected chi connectivity index (χ1v) is 8.01. The van der Waals surface area contributed by atoms with Crippen LogP contribution < -0.4 is 0 Å². The van der Waals surface area contributed by atoms with Crippen LogP contribution in [0.15, 0.2) is 27.2 Å². The second-order valence-electron chi connectivity index (χ2n) is 6.20. The molecule has 0 amide bonds. The molecule has 4 rings (SSSR count). The maximum Gasteiger partial charge on any atom is 0.283 e. The Bertz CT molecular complexity index is 572. The molecule has 3 heterocycles. The molecular formula is C16H21N3O2. The molecule has 2 fully saturated rings. The van der Waals surface area contributed by atoms with Gasteiger partial charge in [0.15, 0.2) is 5.76 Å². The Hall–Kier alpha value is -1.62. The molecule has 0 bridgehead atoms. The fraction of sp³-hybridized carbons (Fsp3) is 0.625. The molecule has 0 spiro atoms. The molecule has 2 aliphatic rings. The van der Waals surface area contributed by atoms with Crippen molar-refractivity contribution in [1.82, 2.24) is 15.1 Å². The molecule has 21 heavy (non-hydrogen) atoms. The SMILES string of the molecule is c1coc(-c2nnc([C@H]3CCN(C4CCCCC4)C3)o2)c1. The zero-order chi connectivity index (χ0) is 14.1. The van der Waals surface area contributed by atoms with Gasteiger partial charge in [-0.2, -0.15) is 0 Å². The number of hydrogen-bond donors (Lipinski definition) is 0. The number of nitrogens with zero attached hydrogens (tertiary/aromatic N) is 3. The standard InChI is InChI=1S/C16H21N3O2/c1-2-5-13(6-3-1)19-9-8-12(11-19)15-17-18-16(21-15)14-7-4-10-20-14/h4,7,10,12-13H,1-3,5-6,8-9,11H2/t12-/m0/s1. The summed E-state index contributed by atoms with van der Waals surface area (Å²) in [6.07, 6.45) is 9.63. The van der Waals surface area contributed by atoms with Crippen LogP contribution in [0.2, 0.25) is 0 Å². The van der Waals surface area contributed by atoms with E-state index in [1.165, 1.54) is 32.1 Å². The number of hydrogen-bond acceptors (Lipinski definition) is 5. The van der Waals surface area contributed by atoms with Crippen molar-refractivity contribution in [3.8, 4) is 11.7 Å². The first kappa shape index (κ1) is 13.1. The van der Waals surface area contributed by atoms with Gasteiger partial charge in [-0.05, 0) is 37.9 Å². The molecule has 0 unspecified atom stereocenters. The minimum absolute atomic E-state index is 0.378. The van der Waals surface area contributed by atoms with Crippen LogP contribution in [0.25, 0.3) is 11.7 Å². The molecule has 2 aromatic rings. The van der Waals surface area contributed by atoms with Gasteiger partial charge in [-0.25, -0.2) is 0 Å². The van der Waals surface area contributed by atoms with Crippen molar-refractivity contribution in [3.63, 3.8) is 0 Å². The third-order valence-corrected chi connectivity index (χ3v) is 4.83. The summed E-state index contributed by atoms with van der Waals surface area (Å²) in [6, 6.07) is 4.45. The lowest BCUT2D eigenvalue weighted by Gasteiger charge is -2.30. The van der Waals surface area contributed by atoms with Crippen molar-refractivity contribution in [1.29, 1.82) is 0 Å². The van der Waals surface area contributed by atoms with E-state index < -0.39 is 0 Å². The highest BCUT2D eigenvalue weighted by Crippen LogP contribution is 2.33. The molecule has 1 saturated carbocycles. The Balaban J connectivity index is 1.43. The molecule has 1 atom stereocenters. The third-order valence-electron chi connectivity index (χ3n) is 4.83. The highest BCUT2D eigenvalue weighted by atomic mass is 16.4. The van der Waals surface area contributed by atoms with E-state index in [2.05, 4.69) is 15.1 Å². The largest absolute Gasteiger partial charge is 0.459 e. The van der Waals surface area contributed by atoms with Crippen molar-refractivity contribution < 1.29 is 8.83 Å². The van der Waals surface area contributed by atoms with Crippen LogP contribution in [0, 0.1) is 0 Å². The molecule has 1 aliphatic heterocycles. The zero-order valence-corrected chi connectivity index (χ0v) is 12.2. The second kappa shape index (κ2) is 5.64. The average Bonchev–Trinajstić information content (AvgIpc) is 3.27. The van der Waals surface area contributed by atoms with Crippen LogP contribution in [0.1, 0.15) is 50.3 Å². The molecule has 1 aliphatic carbocycles. The van der Waals surface area contributed by atoms with Crippen molar-refractivity contribution in [2.24, 2.45) is 0 Å². The zero-order valence-electron chi connectivity index (χ0n) is 12.2. The number of furan rings is 1. The van der Waals surface area contributed by atoms with Gasteiger partial charge in [-0.3, -0.25) is 4.90 Å². The Kier molecular flexibility index (Phi) is 3.51. The van der Waals surface area contributed by atoms with E-state index in [1.54, 1.807) is 6.26 Å². The minimum Gasteiger partial charge on any atom is -0.459 e. The lowest BCUT2D eigenvalue weighted by Crippen LogP contribution is -2.34. The highest BCUT2D eigenvalue weighted by Gasteiger charge is 2.32. The molecule has 0 aromatic carbocycles. The molecule has 5 heteroatoms. The Morgan fingerprint density at radius 2 is 2.00 bits per heavy atom. The van der Waals surface area contributed by atoms with Gasteiger partial charge >= 0.3 is 0 Å². The second-order valence-corrected chi connectivity index (χ2v) is 6.20. The van der Waals surface area contributed by atoms with E-state index >= 15 is 0 Å². The van der Waals surface area contributed by atoms with Gasteiger partial charge in [0.1, 0.15) is 0 Å². The summed E-state index contributed by atoms with van der Waals surface area (Å²) in [7, 11) is 0. The summed E-state index contributed by atoms with van der Waals surface area (Å²) in [6.45, 7) is 2.22. The predicted octanol–water partition coefficient (Wildman–Crippen LogP) is 3.45. The van der Waals surface area contributed by atoms with Gasteiger partial charge in [-0.15, -0.1) is 10.2 Å². The van der Waals surface area contributed by atoms with Crippen molar-refractivity contribution in [2.45, 2.75) is 50.5 Å². The molecule has 5 nitrogen and oxygen atoms in total. The maximum absolute atomic E-state index is 5.80. The monoisotopic (exact) mass is 287 g/mol. The molecular weight excluding hydrogens is 266 g/mol. The van der Waals surface area contributed by atoms with Crippen LogP contribution in [-0.2, 0) is 0 Å². The molecule has 0 radical (unpaired) electrons. The maximum atomic E-state index is 5.80. The van der Waals surface area contributed by atoms with Crippen LogP contribution in [-0.4, -0.2) is 34.2 Å². The lowest BCUT2D eigenvalue weighted by molar-refractivity contribution is 0.187. The molecule has 1 saturated heterocycles. The van der Waals surface area contributed by atoms with E-state index in [0.29, 0.717) is 17.6 Å². The van der Waals surface area contributed by atoms with Gasteiger partial charge in [-0.1, -0.05) is 19.3 Å². The van der Waals surface area contributed by atoms with E-state index in [4.69, 9.17) is 8.83 Å². The summed E-state index contributed by atoms with van der Waals surface area (Å²) >= 11 is 0. The fourth-order valence-corrected chi connectivity index (χ4v) is 3.67. The fourth-order valence-electron chi connectivity index (χ4n) is 3.67. The topological polar surface area (TPSA) is 55.3 Å². The number of rotatable bonds is 3.